The Labute approximate surface area is 198 Å². The third-order valence-electron chi connectivity index (χ3n) is 4.79. The lowest BCUT2D eigenvalue weighted by atomic mass is 10.1. The van der Waals surface area contributed by atoms with Crippen molar-refractivity contribution >= 4 is 55.5 Å². The van der Waals surface area contributed by atoms with Crippen LogP contribution in [-0.2, 0) is 22.6 Å². The van der Waals surface area contributed by atoms with Crippen molar-refractivity contribution in [1.29, 1.82) is 0 Å². The van der Waals surface area contributed by atoms with E-state index in [4.69, 9.17) is 32.0 Å². The van der Waals surface area contributed by atoms with Gasteiger partial charge >= 0.3 is 0 Å². The second kappa shape index (κ2) is 10.0. The van der Waals surface area contributed by atoms with Crippen LogP contribution in [0.3, 0.4) is 0 Å². The van der Waals surface area contributed by atoms with Gasteiger partial charge in [0.1, 0.15) is 5.01 Å². The van der Waals surface area contributed by atoms with E-state index in [0.717, 1.165) is 31.4 Å². The number of methoxy groups -OCH3 is 1. The summed E-state index contributed by atoms with van der Waals surface area (Å²) in [4.78, 5) is 28.6. The van der Waals surface area contributed by atoms with Crippen molar-refractivity contribution in [3.05, 3.63) is 59.0 Å². The van der Waals surface area contributed by atoms with Gasteiger partial charge in [-0.2, -0.15) is 0 Å². The maximum absolute atomic E-state index is 12.5. The van der Waals surface area contributed by atoms with E-state index < -0.39 is 0 Å². The molecule has 0 saturated carbocycles. The molecule has 166 valence electrons. The SMILES string of the molecule is COCc1nc(N(C[C@H](N)Cc2ccc(Cl)cc2)C(C)=O)sc1-c1nc2ccncc2s1. The standard InChI is InChI=1S/C22H22ClN5O2S2/c1-13(29)28(11-16(24)9-14-3-5-15(23)6-4-14)22-27-18(12-30-2)20(32-22)21-26-17-7-8-25-10-19(17)31-21/h3-8,10,16H,9,11-12,24H2,1-2H3/t16-/m1/s1. The Balaban J connectivity index is 1.61. The van der Waals surface area contributed by atoms with Crippen LogP contribution in [-0.4, -0.2) is 40.6 Å². The molecule has 7 nitrogen and oxygen atoms in total. The van der Waals surface area contributed by atoms with E-state index in [9.17, 15) is 4.79 Å². The summed E-state index contributed by atoms with van der Waals surface area (Å²) in [7, 11) is 1.62. The average Bonchev–Trinajstić information content (AvgIpc) is 3.37. The fourth-order valence-electron chi connectivity index (χ4n) is 3.30. The van der Waals surface area contributed by atoms with E-state index in [1.165, 1.54) is 18.3 Å². The van der Waals surface area contributed by atoms with Crippen molar-refractivity contribution in [2.75, 3.05) is 18.6 Å². The quantitative estimate of drug-likeness (QED) is 0.392. The number of nitrogens with two attached hydrogens (primary N) is 1. The molecule has 10 heteroatoms. The molecule has 1 aromatic carbocycles. The van der Waals surface area contributed by atoms with Gasteiger partial charge in [0, 0.05) is 44.0 Å². The first-order valence-corrected chi connectivity index (χ1v) is 11.9. The van der Waals surface area contributed by atoms with Gasteiger partial charge in [-0.1, -0.05) is 35.1 Å². The second-order valence-corrected chi connectivity index (χ2v) is 9.73. The highest BCUT2D eigenvalue weighted by Crippen LogP contribution is 2.39. The maximum Gasteiger partial charge on any atom is 0.225 e. The molecule has 0 spiro atoms. The Morgan fingerprint density at radius 3 is 2.69 bits per heavy atom. The van der Waals surface area contributed by atoms with Crippen molar-refractivity contribution in [1.82, 2.24) is 15.0 Å². The summed E-state index contributed by atoms with van der Waals surface area (Å²) in [5.41, 5.74) is 9.09. The highest BCUT2D eigenvalue weighted by molar-refractivity contribution is 7.26. The number of hydrogen-bond acceptors (Lipinski definition) is 8. The van der Waals surface area contributed by atoms with Crippen molar-refractivity contribution in [3.8, 4) is 9.88 Å². The fourth-order valence-corrected chi connectivity index (χ4v) is 5.57. The normalized spacial score (nSPS) is 12.2. The Morgan fingerprint density at radius 1 is 1.22 bits per heavy atom. The molecule has 0 unspecified atom stereocenters. The minimum Gasteiger partial charge on any atom is -0.378 e. The second-order valence-electron chi connectivity index (χ2n) is 7.29. The third kappa shape index (κ3) is 5.13. The summed E-state index contributed by atoms with van der Waals surface area (Å²) in [5.74, 6) is -0.116. The molecule has 2 N–H and O–H groups in total. The largest absolute Gasteiger partial charge is 0.378 e. The van der Waals surface area contributed by atoms with Gasteiger partial charge in [0.15, 0.2) is 5.13 Å². The molecular weight excluding hydrogens is 466 g/mol. The third-order valence-corrected chi connectivity index (χ3v) is 7.32. The highest BCUT2D eigenvalue weighted by Gasteiger charge is 2.24. The topological polar surface area (TPSA) is 94.2 Å². The summed E-state index contributed by atoms with van der Waals surface area (Å²) in [5, 5.41) is 2.10. The van der Waals surface area contributed by atoms with E-state index in [1.807, 2.05) is 30.3 Å². The number of nitrogens with zero attached hydrogens (tertiary/aromatic N) is 4. The maximum atomic E-state index is 12.5. The molecule has 1 amide bonds. The van der Waals surface area contributed by atoms with Crippen LogP contribution in [0.2, 0.25) is 5.02 Å². The van der Waals surface area contributed by atoms with Crippen LogP contribution in [0.5, 0.6) is 0 Å². The molecule has 0 bridgehead atoms. The lowest BCUT2D eigenvalue weighted by Gasteiger charge is -2.22. The number of ether oxygens (including phenoxy) is 1. The molecule has 4 aromatic rings. The summed E-state index contributed by atoms with van der Waals surface area (Å²) in [6.07, 6.45) is 4.14. The number of fused-ring (bicyclic) bond motifs is 1. The molecule has 0 aliphatic carbocycles. The number of carbonyl (C=O) groups is 1. The van der Waals surface area contributed by atoms with Crippen LogP contribution in [0.25, 0.3) is 20.1 Å². The van der Waals surface area contributed by atoms with Gasteiger partial charge in [0.05, 0.1) is 27.4 Å². The average molecular weight is 488 g/mol. The van der Waals surface area contributed by atoms with Gasteiger partial charge in [-0.05, 0) is 30.2 Å². The molecule has 0 saturated heterocycles. The lowest BCUT2D eigenvalue weighted by Crippen LogP contribution is -2.41. The van der Waals surface area contributed by atoms with Gasteiger partial charge in [-0.3, -0.25) is 14.7 Å². The molecule has 0 aliphatic rings. The zero-order valence-corrected chi connectivity index (χ0v) is 20.0. The summed E-state index contributed by atoms with van der Waals surface area (Å²) < 4.78 is 6.35. The zero-order chi connectivity index (χ0) is 22.7. The van der Waals surface area contributed by atoms with Crippen molar-refractivity contribution in [2.24, 2.45) is 5.73 Å². The summed E-state index contributed by atoms with van der Waals surface area (Å²) >= 11 is 8.93. The van der Waals surface area contributed by atoms with Crippen molar-refractivity contribution in [2.45, 2.75) is 26.0 Å². The number of carbonyl (C=O) groups excluding carboxylic acids is 1. The molecule has 0 fully saturated rings. The molecule has 3 aromatic heterocycles. The molecule has 0 radical (unpaired) electrons. The first-order chi connectivity index (χ1) is 15.4. The highest BCUT2D eigenvalue weighted by atomic mass is 35.5. The van der Waals surface area contributed by atoms with E-state index in [-0.39, 0.29) is 11.9 Å². The minimum atomic E-state index is -0.258. The van der Waals surface area contributed by atoms with Crippen molar-refractivity contribution < 1.29 is 9.53 Å². The van der Waals surface area contributed by atoms with E-state index >= 15 is 0 Å². The lowest BCUT2D eigenvalue weighted by molar-refractivity contribution is -0.116. The smallest absolute Gasteiger partial charge is 0.225 e. The van der Waals surface area contributed by atoms with E-state index in [0.29, 0.717) is 29.7 Å². The molecule has 3 heterocycles. The Bertz CT molecular complexity index is 1190. The van der Waals surface area contributed by atoms with Gasteiger partial charge in [0.2, 0.25) is 5.91 Å². The molecule has 4 rings (SSSR count). The summed E-state index contributed by atoms with van der Waals surface area (Å²) in [6, 6.07) is 9.19. The number of pyridine rings is 1. The number of amides is 1. The fraction of sp³-hybridized carbons (Fsp3) is 0.273. The van der Waals surface area contributed by atoms with Crippen LogP contribution >= 0.6 is 34.3 Å². The van der Waals surface area contributed by atoms with Gasteiger partial charge in [-0.25, -0.2) is 9.97 Å². The van der Waals surface area contributed by atoms with Gasteiger partial charge in [0.25, 0.3) is 0 Å². The van der Waals surface area contributed by atoms with Crippen molar-refractivity contribution in [3.63, 3.8) is 0 Å². The predicted octanol–water partition coefficient (Wildman–Crippen LogP) is 4.54. The number of halogens is 1. The van der Waals surface area contributed by atoms with Crippen LogP contribution < -0.4 is 10.6 Å². The first-order valence-electron chi connectivity index (χ1n) is 9.92. The molecule has 1 atom stereocenters. The van der Waals surface area contributed by atoms with Crippen LogP contribution in [0.1, 0.15) is 18.2 Å². The first kappa shape index (κ1) is 22.8. The predicted molar refractivity (Wildman–Crippen MR) is 130 cm³/mol. The van der Waals surface area contributed by atoms with Crippen LogP contribution in [0.4, 0.5) is 5.13 Å². The summed E-state index contributed by atoms with van der Waals surface area (Å²) in [6.45, 7) is 2.19. The molecule has 32 heavy (non-hydrogen) atoms. The molecular formula is C22H22ClN5O2S2. The Kier molecular flexibility index (Phi) is 7.12. The monoisotopic (exact) mass is 487 g/mol. The number of benzene rings is 1. The zero-order valence-electron chi connectivity index (χ0n) is 17.6. The van der Waals surface area contributed by atoms with Gasteiger partial charge in [-0.15, -0.1) is 11.3 Å². The Morgan fingerprint density at radius 2 is 2.00 bits per heavy atom. The number of hydrogen-bond donors (Lipinski definition) is 1. The number of rotatable bonds is 8. The van der Waals surface area contributed by atoms with Crippen LogP contribution in [0.15, 0.2) is 42.7 Å². The minimum absolute atomic E-state index is 0.116. The number of aromatic nitrogens is 3. The Hall–Kier alpha value is -2.43. The van der Waals surface area contributed by atoms with E-state index in [1.54, 1.807) is 35.7 Å². The van der Waals surface area contributed by atoms with E-state index in [2.05, 4.69) is 4.98 Å². The van der Waals surface area contributed by atoms with Crippen LogP contribution in [0, 0.1) is 0 Å². The molecule has 0 aliphatic heterocycles. The number of anilines is 1. The van der Waals surface area contributed by atoms with Gasteiger partial charge < -0.3 is 10.5 Å². The number of thiazole rings is 2.